The lowest BCUT2D eigenvalue weighted by Gasteiger charge is -2.10. The maximum absolute atomic E-state index is 12.2. The van der Waals surface area contributed by atoms with Gasteiger partial charge in [-0.25, -0.2) is 13.2 Å². The minimum Gasteiger partial charge on any atom is -0.507 e. The smallest absolute Gasteiger partial charge is 0.342 e. The number of halogens is 2. The van der Waals surface area contributed by atoms with Crippen molar-refractivity contribution < 1.29 is 23.1 Å². The van der Waals surface area contributed by atoms with Gasteiger partial charge in [-0.3, -0.25) is 4.72 Å². The van der Waals surface area contributed by atoms with E-state index in [-0.39, 0.29) is 22.1 Å². The molecular weight excluding hydrogens is 445 g/mol. The summed E-state index contributed by atoms with van der Waals surface area (Å²) in [5.74, 6) is -1.18. The van der Waals surface area contributed by atoms with Crippen LogP contribution in [0, 0.1) is 0 Å². The van der Waals surface area contributed by atoms with Gasteiger partial charge in [0, 0.05) is 6.07 Å². The molecule has 0 radical (unpaired) electrons. The molecule has 0 unspecified atom stereocenters. The van der Waals surface area contributed by atoms with Gasteiger partial charge in [0.05, 0.1) is 15.7 Å². The van der Waals surface area contributed by atoms with Crippen LogP contribution in [0.1, 0.15) is 15.9 Å². The third kappa shape index (κ3) is 4.77. The minimum atomic E-state index is -3.76. The molecule has 0 saturated carbocycles. The number of anilines is 1. The average molecular weight is 458 g/mol. The first-order valence-corrected chi connectivity index (χ1v) is 10.9. The topological polar surface area (TPSA) is 92.7 Å². The van der Waals surface area contributed by atoms with Crippen LogP contribution in [0.2, 0.25) is 10.0 Å². The van der Waals surface area contributed by atoms with E-state index < -0.39 is 21.7 Å². The number of phenols is 1. The molecule has 10 heteroatoms. The Morgan fingerprint density at radius 1 is 1.11 bits per heavy atom. The zero-order chi connectivity index (χ0) is 20.3. The number of benzene rings is 2. The maximum Gasteiger partial charge on any atom is 0.342 e. The molecule has 146 valence electrons. The van der Waals surface area contributed by atoms with Gasteiger partial charge in [0.15, 0.2) is 0 Å². The number of aromatic hydroxyl groups is 1. The van der Waals surface area contributed by atoms with E-state index >= 15 is 0 Å². The average Bonchev–Trinajstić information content (AvgIpc) is 3.18. The molecule has 6 nitrogen and oxygen atoms in total. The summed E-state index contributed by atoms with van der Waals surface area (Å²) >= 11 is 12.8. The third-order valence-corrected chi connectivity index (χ3v) is 7.10. The largest absolute Gasteiger partial charge is 0.507 e. The summed E-state index contributed by atoms with van der Waals surface area (Å²) in [6.45, 7) is -0.0675. The summed E-state index contributed by atoms with van der Waals surface area (Å²) in [6, 6.07) is 11.7. The Morgan fingerprint density at radius 3 is 2.54 bits per heavy atom. The lowest BCUT2D eigenvalue weighted by atomic mass is 10.2. The number of thiophene rings is 1. The fourth-order valence-electron chi connectivity index (χ4n) is 2.25. The number of nitrogens with one attached hydrogen (secondary N) is 1. The van der Waals surface area contributed by atoms with Crippen LogP contribution in [-0.2, 0) is 21.4 Å². The number of ether oxygens (including phenoxy) is 1. The predicted molar refractivity (Wildman–Crippen MR) is 109 cm³/mol. The molecule has 2 N–H and O–H groups in total. The van der Waals surface area contributed by atoms with Crippen LogP contribution in [0.25, 0.3) is 0 Å². The van der Waals surface area contributed by atoms with Crippen LogP contribution in [0.4, 0.5) is 5.69 Å². The highest BCUT2D eigenvalue weighted by Crippen LogP contribution is 2.27. The second kappa shape index (κ2) is 8.40. The van der Waals surface area contributed by atoms with Crippen molar-refractivity contribution >= 4 is 56.2 Å². The van der Waals surface area contributed by atoms with Gasteiger partial charge in [0.25, 0.3) is 10.0 Å². The molecule has 0 bridgehead atoms. The van der Waals surface area contributed by atoms with Crippen molar-refractivity contribution in [3.63, 3.8) is 0 Å². The van der Waals surface area contributed by atoms with Gasteiger partial charge in [-0.15, -0.1) is 11.3 Å². The first-order chi connectivity index (χ1) is 13.3. The van der Waals surface area contributed by atoms with Gasteiger partial charge >= 0.3 is 5.97 Å². The predicted octanol–water partition coefficient (Wildman–Crippen LogP) is 4.92. The fraction of sp³-hybridized carbons (Fsp3) is 0.0556. The van der Waals surface area contributed by atoms with E-state index in [9.17, 15) is 18.3 Å². The molecule has 0 saturated heterocycles. The highest BCUT2D eigenvalue weighted by Gasteiger charge is 2.18. The van der Waals surface area contributed by atoms with Crippen LogP contribution in [0.3, 0.4) is 0 Å². The standard InChI is InChI=1S/C18H13Cl2NO5S2/c19-14-6-3-11(8-15(14)20)10-26-18(23)13-5-4-12(9-16(13)22)21-28(24,25)17-2-1-7-27-17/h1-9,21-22H,10H2. The van der Waals surface area contributed by atoms with Crippen LogP contribution in [0.15, 0.2) is 58.1 Å². The van der Waals surface area contributed by atoms with Crippen molar-refractivity contribution in [1.29, 1.82) is 0 Å². The van der Waals surface area contributed by atoms with Gasteiger partial charge in [0.1, 0.15) is 22.1 Å². The Morgan fingerprint density at radius 2 is 1.89 bits per heavy atom. The SMILES string of the molecule is O=C(OCc1ccc(Cl)c(Cl)c1)c1ccc(NS(=O)(=O)c2cccs2)cc1O. The normalized spacial score (nSPS) is 11.2. The van der Waals surface area contributed by atoms with Crippen molar-refractivity contribution in [3.8, 4) is 5.75 Å². The van der Waals surface area contributed by atoms with Gasteiger partial charge in [-0.1, -0.05) is 35.3 Å². The Labute approximate surface area is 175 Å². The highest BCUT2D eigenvalue weighted by molar-refractivity contribution is 7.94. The van der Waals surface area contributed by atoms with Crippen LogP contribution in [0.5, 0.6) is 5.75 Å². The lowest BCUT2D eigenvalue weighted by molar-refractivity contribution is 0.0469. The van der Waals surface area contributed by atoms with Crippen molar-refractivity contribution in [2.24, 2.45) is 0 Å². The minimum absolute atomic E-state index is 0.0675. The molecule has 0 spiro atoms. The monoisotopic (exact) mass is 457 g/mol. The Balaban J connectivity index is 1.69. The molecule has 0 aliphatic heterocycles. The van der Waals surface area contributed by atoms with Crippen LogP contribution in [-0.4, -0.2) is 19.5 Å². The zero-order valence-electron chi connectivity index (χ0n) is 14.1. The Hall–Kier alpha value is -2.26. The van der Waals surface area contributed by atoms with E-state index in [1.54, 1.807) is 29.6 Å². The molecule has 1 heterocycles. The third-order valence-electron chi connectivity index (χ3n) is 3.58. The zero-order valence-corrected chi connectivity index (χ0v) is 17.2. The highest BCUT2D eigenvalue weighted by atomic mass is 35.5. The number of phenolic OH excluding ortho intramolecular Hbond substituents is 1. The maximum atomic E-state index is 12.2. The summed E-state index contributed by atoms with van der Waals surface area (Å²) in [6.07, 6.45) is 0. The van der Waals surface area contributed by atoms with Crippen molar-refractivity contribution in [2.45, 2.75) is 10.8 Å². The fourth-order valence-corrected chi connectivity index (χ4v) is 4.61. The van der Waals surface area contributed by atoms with Crippen LogP contribution >= 0.6 is 34.5 Å². The summed E-state index contributed by atoms with van der Waals surface area (Å²) in [5, 5.41) is 12.5. The number of carbonyl (C=O) groups excluding carboxylic acids is 1. The van der Waals surface area contributed by atoms with E-state index in [1.165, 1.54) is 18.2 Å². The summed E-state index contributed by atoms with van der Waals surface area (Å²) in [5.41, 5.74) is 0.647. The van der Waals surface area contributed by atoms with Crippen LogP contribution < -0.4 is 4.72 Å². The van der Waals surface area contributed by atoms with Gasteiger partial charge in [0.2, 0.25) is 0 Å². The lowest BCUT2D eigenvalue weighted by Crippen LogP contribution is -2.12. The second-order valence-electron chi connectivity index (χ2n) is 5.59. The van der Waals surface area contributed by atoms with Crippen molar-refractivity contribution in [2.75, 3.05) is 4.72 Å². The molecule has 0 fully saturated rings. The first-order valence-electron chi connectivity index (χ1n) is 7.76. The van der Waals surface area contributed by atoms with Crippen molar-refractivity contribution in [1.82, 2.24) is 0 Å². The number of carbonyl (C=O) groups is 1. The van der Waals surface area contributed by atoms with Gasteiger partial charge < -0.3 is 9.84 Å². The summed E-state index contributed by atoms with van der Waals surface area (Å²) in [7, 11) is -3.76. The summed E-state index contributed by atoms with van der Waals surface area (Å²) < 4.78 is 32.0. The second-order valence-corrected chi connectivity index (χ2v) is 9.27. The number of hydrogen-bond acceptors (Lipinski definition) is 6. The van der Waals surface area contributed by atoms with Crippen molar-refractivity contribution in [3.05, 3.63) is 75.1 Å². The van der Waals surface area contributed by atoms with E-state index in [0.717, 1.165) is 17.4 Å². The Bertz CT molecular complexity index is 1120. The molecule has 2 aromatic carbocycles. The molecule has 0 aliphatic rings. The molecule has 1 aromatic heterocycles. The van der Waals surface area contributed by atoms with E-state index in [4.69, 9.17) is 27.9 Å². The molecule has 3 rings (SSSR count). The number of rotatable bonds is 6. The van der Waals surface area contributed by atoms with E-state index in [1.807, 2.05) is 0 Å². The molecule has 0 amide bonds. The first kappa shape index (κ1) is 20.5. The molecular formula is C18H13Cl2NO5S2. The molecule has 3 aromatic rings. The molecule has 0 atom stereocenters. The number of sulfonamides is 1. The number of esters is 1. The number of hydrogen-bond donors (Lipinski definition) is 2. The quantitative estimate of drug-likeness (QED) is 0.512. The van der Waals surface area contributed by atoms with E-state index in [0.29, 0.717) is 15.6 Å². The molecule has 28 heavy (non-hydrogen) atoms. The summed E-state index contributed by atoms with van der Waals surface area (Å²) in [4.78, 5) is 12.2. The van der Waals surface area contributed by atoms with E-state index in [2.05, 4.69) is 4.72 Å². The van der Waals surface area contributed by atoms with Gasteiger partial charge in [-0.2, -0.15) is 0 Å². The molecule has 0 aliphatic carbocycles. The Kier molecular flexibility index (Phi) is 6.14. The van der Waals surface area contributed by atoms with Gasteiger partial charge in [-0.05, 0) is 41.3 Å².